The summed E-state index contributed by atoms with van der Waals surface area (Å²) in [5, 5.41) is 9.78. The Morgan fingerprint density at radius 3 is 1.11 bits per heavy atom. The maximum absolute atomic E-state index is 2.49. The highest BCUT2D eigenvalue weighted by Gasteiger charge is 2.23. The van der Waals surface area contributed by atoms with Crippen molar-refractivity contribution in [1.82, 2.24) is 0 Å². The summed E-state index contributed by atoms with van der Waals surface area (Å²) in [6.45, 7) is 17.7. The van der Waals surface area contributed by atoms with E-state index in [0.717, 1.165) is 34.1 Å². The van der Waals surface area contributed by atoms with Gasteiger partial charge in [0.1, 0.15) is 0 Å². The van der Waals surface area contributed by atoms with Crippen molar-refractivity contribution in [3.05, 3.63) is 214 Å². The topological polar surface area (TPSA) is 6.48 Å². The minimum Gasteiger partial charge on any atom is -0.310 e. The predicted octanol–water partition coefficient (Wildman–Crippen LogP) is 17.4. The minimum absolute atomic E-state index is 1.14. The lowest BCUT2D eigenvalue weighted by Gasteiger charge is -2.31. The summed E-state index contributed by atoms with van der Waals surface area (Å²) in [7, 11) is 0. The highest BCUT2D eigenvalue weighted by molar-refractivity contribution is 6.25. The van der Waals surface area contributed by atoms with Gasteiger partial charge in [0.05, 0.1) is 11.4 Å². The summed E-state index contributed by atoms with van der Waals surface area (Å²) < 4.78 is 0. The van der Waals surface area contributed by atoms with Crippen LogP contribution in [0.5, 0.6) is 0 Å². The van der Waals surface area contributed by atoms with Crippen LogP contribution in [0.15, 0.2) is 170 Å². The van der Waals surface area contributed by atoms with Gasteiger partial charge in [-0.05, 0) is 216 Å². The summed E-state index contributed by atoms with van der Waals surface area (Å²) >= 11 is 0. The molecule has 0 amide bonds. The molecular formula is C60H52N2. The molecule has 0 aromatic heterocycles. The number of anilines is 6. The van der Waals surface area contributed by atoms with Gasteiger partial charge in [-0.3, -0.25) is 0 Å². The molecule has 0 saturated heterocycles. The standard InChI is InChI=1S/C60H52N2/c1-37-17-24-49(29-41(37)5)61(50-25-18-38(2)42(6)30-50)59-35-57-54-28-23-48(47-22-21-45-13-9-10-14-46(45)33-47)34-58(54)60(36-56(57)53-15-11-12-16-55(53)59)62(51-26-19-39(3)43(7)31-51)52-27-20-40(4)44(8)32-52/h9-36H,1-8H3. The Hall–Kier alpha value is -7.16. The third kappa shape index (κ3) is 6.77. The summed E-state index contributed by atoms with van der Waals surface area (Å²) in [5.41, 5.74) is 19.5. The first-order chi connectivity index (χ1) is 30.0. The number of hydrogen-bond donors (Lipinski definition) is 0. The third-order valence-electron chi connectivity index (χ3n) is 13.5. The van der Waals surface area contributed by atoms with E-state index >= 15 is 0 Å². The van der Waals surface area contributed by atoms with Crippen molar-refractivity contribution >= 4 is 77.2 Å². The van der Waals surface area contributed by atoms with Gasteiger partial charge in [-0.25, -0.2) is 0 Å². The van der Waals surface area contributed by atoms with E-state index in [1.54, 1.807) is 0 Å². The molecule has 0 bridgehead atoms. The molecule has 0 aliphatic rings. The Bertz CT molecular complexity index is 3300. The molecule has 0 spiro atoms. The van der Waals surface area contributed by atoms with Crippen LogP contribution >= 0.6 is 0 Å². The maximum atomic E-state index is 2.49. The molecule has 62 heavy (non-hydrogen) atoms. The second kappa shape index (κ2) is 15.4. The maximum Gasteiger partial charge on any atom is 0.0546 e. The lowest BCUT2D eigenvalue weighted by atomic mass is 9.91. The number of benzene rings is 10. The SMILES string of the molecule is Cc1ccc(N(c2ccc(C)c(C)c2)c2cc3c4ccc(-c5ccc6ccccc6c5)cc4c(N(c4ccc(C)c(C)c4)c4ccc(C)c(C)c4)cc3c3ccccc23)cc1C. The van der Waals surface area contributed by atoms with Crippen LogP contribution in [0.1, 0.15) is 44.5 Å². The zero-order chi connectivity index (χ0) is 42.8. The highest BCUT2D eigenvalue weighted by atomic mass is 15.2. The number of aryl methyl sites for hydroxylation is 8. The molecule has 2 nitrogen and oxygen atoms in total. The van der Waals surface area contributed by atoms with E-state index in [9.17, 15) is 0 Å². The highest BCUT2D eigenvalue weighted by Crippen LogP contribution is 2.49. The molecule has 0 N–H and O–H groups in total. The second-order valence-electron chi connectivity index (χ2n) is 17.5. The summed E-state index contributed by atoms with van der Waals surface area (Å²) in [6.07, 6.45) is 0. The second-order valence-corrected chi connectivity index (χ2v) is 17.5. The zero-order valence-corrected chi connectivity index (χ0v) is 37.1. The summed E-state index contributed by atoms with van der Waals surface area (Å²) in [4.78, 5) is 4.96. The van der Waals surface area contributed by atoms with Gasteiger partial charge in [0.2, 0.25) is 0 Å². The monoisotopic (exact) mass is 800 g/mol. The molecule has 2 heteroatoms. The molecule has 0 saturated carbocycles. The van der Waals surface area contributed by atoms with Gasteiger partial charge in [0.15, 0.2) is 0 Å². The largest absolute Gasteiger partial charge is 0.310 e. The summed E-state index contributed by atoms with van der Waals surface area (Å²) in [5.74, 6) is 0. The fourth-order valence-corrected chi connectivity index (χ4v) is 9.19. The van der Waals surface area contributed by atoms with E-state index in [4.69, 9.17) is 0 Å². The Balaban J connectivity index is 1.33. The van der Waals surface area contributed by atoms with Gasteiger partial charge in [-0.2, -0.15) is 0 Å². The lowest BCUT2D eigenvalue weighted by Crippen LogP contribution is -2.13. The number of fused-ring (bicyclic) bond motifs is 6. The van der Waals surface area contributed by atoms with Crippen molar-refractivity contribution in [1.29, 1.82) is 0 Å². The number of rotatable bonds is 7. The van der Waals surface area contributed by atoms with Gasteiger partial charge >= 0.3 is 0 Å². The van der Waals surface area contributed by atoms with E-state index in [1.807, 2.05) is 0 Å². The van der Waals surface area contributed by atoms with Gasteiger partial charge in [-0.15, -0.1) is 0 Å². The molecule has 0 fully saturated rings. The minimum atomic E-state index is 1.14. The van der Waals surface area contributed by atoms with Crippen molar-refractivity contribution in [2.45, 2.75) is 55.4 Å². The van der Waals surface area contributed by atoms with Gasteiger partial charge in [0, 0.05) is 33.5 Å². The number of nitrogens with zero attached hydrogens (tertiary/aromatic N) is 2. The number of hydrogen-bond acceptors (Lipinski definition) is 2. The van der Waals surface area contributed by atoms with Crippen LogP contribution in [-0.2, 0) is 0 Å². The Morgan fingerprint density at radius 1 is 0.242 bits per heavy atom. The molecule has 0 atom stereocenters. The first-order valence-corrected chi connectivity index (χ1v) is 21.8. The normalized spacial score (nSPS) is 11.5. The third-order valence-corrected chi connectivity index (χ3v) is 13.5. The fraction of sp³-hybridized carbons (Fsp3) is 0.133. The van der Waals surface area contributed by atoms with Crippen LogP contribution in [0, 0.1) is 55.4 Å². The van der Waals surface area contributed by atoms with Crippen molar-refractivity contribution in [3.63, 3.8) is 0 Å². The van der Waals surface area contributed by atoms with E-state index in [0.29, 0.717) is 0 Å². The Labute approximate surface area is 366 Å². The van der Waals surface area contributed by atoms with Crippen molar-refractivity contribution in [3.8, 4) is 11.1 Å². The van der Waals surface area contributed by atoms with Gasteiger partial charge in [-0.1, -0.05) is 97.1 Å². The lowest BCUT2D eigenvalue weighted by molar-refractivity contribution is 1.24. The summed E-state index contributed by atoms with van der Waals surface area (Å²) in [6, 6.07) is 64.1. The van der Waals surface area contributed by atoms with E-state index in [1.165, 1.54) is 98.7 Å². The smallest absolute Gasteiger partial charge is 0.0546 e. The van der Waals surface area contributed by atoms with Gasteiger partial charge < -0.3 is 9.80 Å². The van der Waals surface area contributed by atoms with E-state index in [2.05, 4.69) is 235 Å². The molecule has 10 aromatic rings. The first kappa shape index (κ1) is 39.0. The molecular weight excluding hydrogens is 749 g/mol. The van der Waals surface area contributed by atoms with Crippen LogP contribution in [-0.4, -0.2) is 0 Å². The van der Waals surface area contributed by atoms with E-state index < -0.39 is 0 Å². The molecule has 0 aliphatic heterocycles. The van der Waals surface area contributed by atoms with Crippen LogP contribution in [0.3, 0.4) is 0 Å². The molecule has 10 aromatic carbocycles. The molecule has 0 heterocycles. The fourth-order valence-electron chi connectivity index (χ4n) is 9.19. The zero-order valence-electron chi connectivity index (χ0n) is 37.1. The molecule has 302 valence electrons. The van der Waals surface area contributed by atoms with Crippen LogP contribution in [0.2, 0.25) is 0 Å². The van der Waals surface area contributed by atoms with Crippen LogP contribution in [0.4, 0.5) is 34.1 Å². The first-order valence-electron chi connectivity index (χ1n) is 21.8. The van der Waals surface area contributed by atoms with Crippen molar-refractivity contribution in [2.75, 3.05) is 9.80 Å². The van der Waals surface area contributed by atoms with Crippen molar-refractivity contribution < 1.29 is 0 Å². The van der Waals surface area contributed by atoms with Crippen molar-refractivity contribution in [2.24, 2.45) is 0 Å². The molecule has 0 radical (unpaired) electrons. The van der Waals surface area contributed by atoms with Crippen LogP contribution in [0.25, 0.3) is 54.2 Å². The van der Waals surface area contributed by atoms with Crippen LogP contribution < -0.4 is 9.80 Å². The Kier molecular flexibility index (Phi) is 9.68. The average Bonchev–Trinajstić information content (AvgIpc) is 3.28. The predicted molar refractivity (Wildman–Crippen MR) is 269 cm³/mol. The molecule has 10 rings (SSSR count). The quantitative estimate of drug-likeness (QED) is 0.148. The molecule has 0 unspecified atom stereocenters. The average molecular weight is 801 g/mol. The molecule has 0 aliphatic carbocycles. The Morgan fingerprint density at radius 2 is 0.629 bits per heavy atom. The van der Waals surface area contributed by atoms with E-state index in [-0.39, 0.29) is 0 Å². The van der Waals surface area contributed by atoms with Gasteiger partial charge in [0.25, 0.3) is 0 Å².